The van der Waals surface area contributed by atoms with Crippen LogP contribution in [0, 0.1) is 11.3 Å². The van der Waals surface area contributed by atoms with E-state index >= 15 is 0 Å². The predicted molar refractivity (Wildman–Crippen MR) is 43.9 cm³/mol. The molecule has 1 nitrogen and oxygen atoms in total. The molecule has 0 heterocycles. The summed E-state index contributed by atoms with van der Waals surface area (Å²) < 4.78 is 0. The summed E-state index contributed by atoms with van der Waals surface area (Å²) >= 11 is 0. The molecular formula is C9H18O. The van der Waals surface area contributed by atoms with E-state index in [1.165, 1.54) is 0 Å². The van der Waals surface area contributed by atoms with E-state index in [9.17, 15) is 4.79 Å². The van der Waals surface area contributed by atoms with Crippen molar-refractivity contribution in [3.05, 3.63) is 0 Å². The molecule has 0 aliphatic heterocycles. The Morgan fingerprint density at radius 3 is 2.00 bits per heavy atom. The maximum Gasteiger partial charge on any atom is 0.123 e. The van der Waals surface area contributed by atoms with Gasteiger partial charge in [-0.15, -0.1) is 0 Å². The van der Waals surface area contributed by atoms with E-state index < -0.39 is 0 Å². The first-order valence-electron chi connectivity index (χ1n) is 4.03. The lowest BCUT2D eigenvalue weighted by molar-refractivity contribution is -0.114. The summed E-state index contributed by atoms with van der Waals surface area (Å²) in [7, 11) is 0. The number of carbonyl (C=O) groups excluding carboxylic acids is 1. The van der Waals surface area contributed by atoms with E-state index in [-0.39, 0.29) is 11.3 Å². The molecule has 0 N–H and O–H groups in total. The van der Waals surface area contributed by atoms with Gasteiger partial charge in [0.05, 0.1) is 0 Å². The highest BCUT2D eigenvalue weighted by Gasteiger charge is 2.25. The van der Waals surface area contributed by atoms with Crippen molar-refractivity contribution in [2.75, 3.05) is 0 Å². The molecule has 1 atom stereocenters. The molecule has 0 amide bonds. The number of rotatable bonds is 4. The Balaban J connectivity index is 4.10. The summed E-state index contributed by atoms with van der Waals surface area (Å²) in [5.74, 6) is 0.234. The van der Waals surface area contributed by atoms with Crippen molar-refractivity contribution in [3.8, 4) is 0 Å². The highest BCUT2D eigenvalue weighted by Crippen LogP contribution is 2.30. The predicted octanol–water partition coefficient (Wildman–Crippen LogP) is 2.65. The minimum Gasteiger partial charge on any atom is -0.303 e. The van der Waals surface area contributed by atoms with Crippen molar-refractivity contribution in [1.29, 1.82) is 0 Å². The second-order valence-electron chi connectivity index (χ2n) is 3.49. The van der Waals surface area contributed by atoms with Gasteiger partial charge in [-0.05, 0) is 11.8 Å². The van der Waals surface area contributed by atoms with Crippen LogP contribution < -0.4 is 0 Å². The second-order valence-corrected chi connectivity index (χ2v) is 3.49. The zero-order valence-electron chi connectivity index (χ0n) is 7.48. The van der Waals surface area contributed by atoms with E-state index in [4.69, 9.17) is 0 Å². The Kier molecular flexibility index (Phi) is 3.62. The Bertz CT molecular complexity index is 105. The van der Waals surface area contributed by atoms with Gasteiger partial charge in [-0.25, -0.2) is 0 Å². The third kappa shape index (κ3) is 2.13. The van der Waals surface area contributed by atoms with Crippen LogP contribution >= 0.6 is 0 Å². The van der Waals surface area contributed by atoms with E-state index in [1.807, 2.05) is 0 Å². The van der Waals surface area contributed by atoms with E-state index in [1.54, 1.807) is 0 Å². The lowest BCUT2D eigenvalue weighted by Crippen LogP contribution is -2.23. The van der Waals surface area contributed by atoms with Gasteiger partial charge in [-0.2, -0.15) is 0 Å². The molecule has 0 aliphatic carbocycles. The van der Waals surface area contributed by atoms with Crippen LogP contribution in [0.1, 0.15) is 40.5 Å². The molecular weight excluding hydrogens is 124 g/mol. The number of aldehydes is 1. The third-order valence-corrected chi connectivity index (χ3v) is 2.52. The van der Waals surface area contributed by atoms with Crippen LogP contribution in [0.4, 0.5) is 0 Å². The molecule has 1 unspecified atom stereocenters. The molecule has 0 spiro atoms. The van der Waals surface area contributed by atoms with Gasteiger partial charge in [0.15, 0.2) is 0 Å². The highest BCUT2D eigenvalue weighted by atomic mass is 16.1. The van der Waals surface area contributed by atoms with E-state index in [2.05, 4.69) is 27.7 Å². The molecule has 1 heteroatoms. The summed E-state index contributed by atoms with van der Waals surface area (Å²) in [5.41, 5.74) is 0.191. The molecule has 60 valence electrons. The van der Waals surface area contributed by atoms with Crippen LogP contribution in [0.25, 0.3) is 0 Å². The van der Waals surface area contributed by atoms with Gasteiger partial charge in [0.1, 0.15) is 6.29 Å². The van der Waals surface area contributed by atoms with Gasteiger partial charge in [0.25, 0.3) is 0 Å². The quantitative estimate of drug-likeness (QED) is 0.551. The first-order valence-corrected chi connectivity index (χ1v) is 4.03. The molecule has 0 aromatic heterocycles. The fourth-order valence-electron chi connectivity index (χ4n) is 1.10. The normalized spacial score (nSPS) is 14.8. The first-order chi connectivity index (χ1) is 4.58. The Hall–Kier alpha value is -0.330. The number of carbonyl (C=O) groups is 1. The molecule has 0 bridgehead atoms. The Labute approximate surface area is 63.8 Å². The summed E-state index contributed by atoms with van der Waals surface area (Å²) in [5, 5.41) is 0. The lowest BCUT2D eigenvalue weighted by Gasteiger charge is -2.28. The van der Waals surface area contributed by atoms with Crippen LogP contribution in [-0.4, -0.2) is 6.29 Å². The minimum atomic E-state index is 0.191. The van der Waals surface area contributed by atoms with Crippen molar-refractivity contribution >= 4 is 6.29 Å². The van der Waals surface area contributed by atoms with Gasteiger partial charge in [-0.3, -0.25) is 0 Å². The molecule has 10 heavy (non-hydrogen) atoms. The lowest BCUT2D eigenvalue weighted by atomic mass is 9.76. The monoisotopic (exact) mass is 142 g/mol. The third-order valence-electron chi connectivity index (χ3n) is 2.52. The zero-order chi connectivity index (χ0) is 8.20. The van der Waals surface area contributed by atoms with Crippen LogP contribution in [-0.2, 0) is 4.79 Å². The Morgan fingerprint density at radius 1 is 1.40 bits per heavy atom. The van der Waals surface area contributed by atoms with Crippen LogP contribution in [0.5, 0.6) is 0 Å². The highest BCUT2D eigenvalue weighted by molar-refractivity contribution is 5.54. The van der Waals surface area contributed by atoms with Crippen molar-refractivity contribution in [3.63, 3.8) is 0 Å². The average Bonchev–Trinajstić information content (AvgIpc) is 1.90. The summed E-state index contributed by atoms with van der Waals surface area (Å²) in [6.07, 6.45) is 3.12. The van der Waals surface area contributed by atoms with Crippen LogP contribution in [0.15, 0.2) is 0 Å². The standard InChI is InChI=1S/C9H18O/c1-5-8(7-10)9(3,4)6-2/h7-8H,5-6H2,1-4H3. The van der Waals surface area contributed by atoms with Crippen molar-refractivity contribution in [2.45, 2.75) is 40.5 Å². The fourth-order valence-corrected chi connectivity index (χ4v) is 1.10. The molecule has 0 aromatic rings. The zero-order valence-corrected chi connectivity index (χ0v) is 7.48. The van der Waals surface area contributed by atoms with Crippen molar-refractivity contribution in [2.24, 2.45) is 11.3 Å². The van der Waals surface area contributed by atoms with Gasteiger partial charge < -0.3 is 4.79 Å². The summed E-state index contributed by atoms with van der Waals surface area (Å²) in [4.78, 5) is 10.5. The van der Waals surface area contributed by atoms with E-state index in [0.717, 1.165) is 19.1 Å². The summed E-state index contributed by atoms with van der Waals surface area (Å²) in [6.45, 7) is 8.49. The SMILES string of the molecule is CCC(C=O)C(C)(C)CC. The molecule has 0 fully saturated rings. The van der Waals surface area contributed by atoms with Crippen molar-refractivity contribution in [1.82, 2.24) is 0 Å². The summed E-state index contributed by atoms with van der Waals surface area (Å²) in [6, 6.07) is 0. The van der Waals surface area contributed by atoms with Crippen molar-refractivity contribution < 1.29 is 4.79 Å². The Morgan fingerprint density at radius 2 is 1.90 bits per heavy atom. The van der Waals surface area contributed by atoms with Crippen LogP contribution in [0.3, 0.4) is 0 Å². The van der Waals surface area contributed by atoms with Gasteiger partial charge in [0.2, 0.25) is 0 Å². The molecule has 0 rings (SSSR count). The topological polar surface area (TPSA) is 17.1 Å². The molecule has 0 aromatic carbocycles. The maximum absolute atomic E-state index is 10.5. The average molecular weight is 142 g/mol. The molecule has 0 saturated carbocycles. The number of hydrogen-bond donors (Lipinski definition) is 0. The van der Waals surface area contributed by atoms with Gasteiger partial charge in [-0.1, -0.05) is 34.1 Å². The molecule has 0 radical (unpaired) electrons. The van der Waals surface area contributed by atoms with Crippen LogP contribution in [0.2, 0.25) is 0 Å². The smallest absolute Gasteiger partial charge is 0.123 e. The van der Waals surface area contributed by atoms with E-state index in [0.29, 0.717) is 0 Å². The van der Waals surface area contributed by atoms with Gasteiger partial charge in [0, 0.05) is 5.92 Å². The van der Waals surface area contributed by atoms with Gasteiger partial charge >= 0.3 is 0 Å². The second kappa shape index (κ2) is 3.75. The molecule has 0 aliphatic rings. The number of hydrogen-bond acceptors (Lipinski definition) is 1. The minimum absolute atomic E-state index is 0.191. The first kappa shape index (κ1) is 9.67. The maximum atomic E-state index is 10.5. The molecule has 0 saturated heterocycles. The fraction of sp³-hybridized carbons (Fsp3) is 0.889. The largest absolute Gasteiger partial charge is 0.303 e.